The van der Waals surface area contributed by atoms with Crippen LogP contribution in [0, 0.1) is 34.5 Å². The first kappa shape index (κ1) is 20.2. The number of allylic oxidation sites excluding steroid dienone is 2. The molecule has 6 heteroatoms. The van der Waals surface area contributed by atoms with Crippen LogP contribution in [0.5, 0.6) is 23.0 Å². The van der Waals surface area contributed by atoms with E-state index in [0.29, 0.717) is 39.7 Å². The van der Waals surface area contributed by atoms with E-state index in [1.165, 1.54) is 28.4 Å². The van der Waals surface area contributed by atoms with Crippen LogP contribution in [0.2, 0.25) is 0 Å². The lowest BCUT2D eigenvalue weighted by molar-refractivity contribution is 0.355. The molecule has 140 valence electrons. The zero-order valence-corrected chi connectivity index (χ0v) is 16.0. The van der Waals surface area contributed by atoms with Gasteiger partial charge >= 0.3 is 0 Å². The fraction of sp³-hybridized carbons (Fsp3) is 0.182. The predicted octanol–water partition coefficient (Wildman–Crippen LogP) is 3.68. The van der Waals surface area contributed by atoms with Gasteiger partial charge in [0, 0.05) is 5.92 Å². The monoisotopic (exact) mass is 374 g/mol. The van der Waals surface area contributed by atoms with E-state index in [-0.39, 0.29) is 5.57 Å². The zero-order chi connectivity index (χ0) is 20.5. The highest BCUT2D eigenvalue weighted by molar-refractivity contribution is 6.04. The summed E-state index contributed by atoms with van der Waals surface area (Å²) in [6, 6.07) is 14.3. The van der Waals surface area contributed by atoms with Crippen LogP contribution in [0.25, 0.3) is 11.1 Å². The van der Waals surface area contributed by atoms with Crippen LogP contribution in [-0.2, 0) is 0 Å². The van der Waals surface area contributed by atoms with Gasteiger partial charge < -0.3 is 18.9 Å². The topological polar surface area (TPSA) is 84.5 Å². The van der Waals surface area contributed by atoms with E-state index in [1.807, 2.05) is 0 Å². The molecule has 2 aromatic rings. The second kappa shape index (κ2) is 9.57. The maximum atomic E-state index is 9.84. The minimum absolute atomic E-state index is 0.288. The lowest BCUT2D eigenvalue weighted by atomic mass is 9.95. The van der Waals surface area contributed by atoms with Crippen molar-refractivity contribution in [3.8, 4) is 47.0 Å². The van der Waals surface area contributed by atoms with Crippen molar-refractivity contribution < 1.29 is 18.9 Å². The highest BCUT2D eigenvalue weighted by atomic mass is 16.5. The van der Waals surface area contributed by atoms with E-state index in [1.54, 1.807) is 42.5 Å². The van der Waals surface area contributed by atoms with Gasteiger partial charge in [-0.2, -0.15) is 10.5 Å². The molecular formula is C22H18N2O4. The molecule has 0 saturated carbocycles. The summed E-state index contributed by atoms with van der Waals surface area (Å²) >= 11 is 0. The lowest BCUT2D eigenvalue weighted by Crippen LogP contribution is -1.96. The van der Waals surface area contributed by atoms with Gasteiger partial charge in [-0.25, -0.2) is 0 Å². The van der Waals surface area contributed by atoms with Gasteiger partial charge in [0.2, 0.25) is 0 Å². The van der Waals surface area contributed by atoms with Gasteiger partial charge in [0.25, 0.3) is 0 Å². The van der Waals surface area contributed by atoms with Gasteiger partial charge in [0.1, 0.15) is 6.07 Å². The van der Waals surface area contributed by atoms with Crippen molar-refractivity contribution >= 4 is 11.1 Å². The number of hydrogen-bond donors (Lipinski definition) is 0. The number of nitriles is 2. The van der Waals surface area contributed by atoms with Gasteiger partial charge in [0.05, 0.1) is 39.6 Å². The molecule has 6 nitrogen and oxygen atoms in total. The Bertz CT molecular complexity index is 1050. The Labute approximate surface area is 164 Å². The number of ether oxygens (including phenoxy) is 4. The van der Waals surface area contributed by atoms with Gasteiger partial charge in [0.15, 0.2) is 29.1 Å². The molecule has 0 radical (unpaired) electrons. The molecule has 0 heterocycles. The first-order valence-corrected chi connectivity index (χ1v) is 8.12. The number of methoxy groups -OCH3 is 4. The van der Waals surface area contributed by atoms with Crippen LogP contribution in [0.15, 0.2) is 36.4 Å². The summed E-state index contributed by atoms with van der Waals surface area (Å²) in [6.45, 7) is 0. The fourth-order valence-electron chi connectivity index (χ4n) is 2.62. The average molecular weight is 374 g/mol. The summed E-state index contributed by atoms with van der Waals surface area (Å²) in [5.41, 5.74) is 1.87. The van der Waals surface area contributed by atoms with Crippen LogP contribution < -0.4 is 18.9 Å². The number of nitrogens with zero attached hydrogens (tertiary/aromatic N) is 2. The molecule has 0 saturated heterocycles. The largest absolute Gasteiger partial charge is 0.493 e. The van der Waals surface area contributed by atoms with Crippen molar-refractivity contribution in [2.24, 2.45) is 0 Å². The molecule has 0 fully saturated rings. The van der Waals surface area contributed by atoms with Crippen molar-refractivity contribution in [1.82, 2.24) is 0 Å². The Kier molecular flexibility index (Phi) is 6.92. The molecule has 0 spiro atoms. The second-order valence-electron chi connectivity index (χ2n) is 5.36. The normalized spacial score (nSPS) is 10.4. The van der Waals surface area contributed by atoms with Gasteiger partial charge in [-0.15, -0.1) is 0 Å². The summed E-state index contributed by atoms with van der Waals surface area (Å²) in [6.07, 6.45) is 0. The molecule has 0 amide bonds. The van der Waals surface area contributed by atoms with Crippen LogP contribution in [0.1, 0.15) is 11.1 Å². The minimum atomic E-state index is 0.288. The smallest absolute Gasteiger partial charge is 0.161 e. The molecule has 0 aliphatic heterocycles. The first-order chi connectivity index (χ1) is 13.6. The third-order valence-electron chi connectivity index (χ3n) is 3.95. The van der Waals surface area contributed by atoms with Crippen molar-refractivity contribution in [2.45, 2.75) is 0 Å². The summed E-state index contributed by atoms with van der Waals surface area (Å²) in [4.78, 5) is 0. The lowest BCUT2D eigenvalue weighted by Gasteiger charge is -2.12. The molecule has 0 N–H and O–H groups in total. The Morgan fingerprint density at radius 1 is 0.679 bits per heavy atom. The number of benzene rings is 2. The molecule has 0 atom stereocenters. The minimum Gasteiger partial charge on any atom is -0.493 e. The summed E-state index contributed by atoms with van der Waals surface area (Å²) < 4.78 is 21.2. The first-order valence-electron chi connectivity index (χ1n) is 8.12. The molecule has 0 unspecified atom stereocenters. The van der Waals surface area contributed by atoms with E-state index in [9.17, 15) is 5.26 Å². The quantitative estimate of drug-likeness (QED) is 0.436. The Balaban J connectivity index is 2.76. The molecule has 0 bridgehead atoms. The van der Waals surface area contributed by atoms with Crippen molar-refractivity contribution in [2.75, 3.05) is 28.4 Å². The molecule has 28 heavy (non-hydrogen) atoms. The molecule has 0 aliphatic carbocycles. The van der Waals surface area contributed by atoms with Gasteiger partial charge in [-0.3, -0.25) is 0 Å². The van der Waals surface area contributed by atoms with Crippen LogP contribution in [-0.4, -0.2) is 28.4 Å². The summed E-state index contributed by atoms with van der Waals surface area (Å²) in [5.74, 6) is 7.19. The average Bonchev–Trinajstić information content (AvgIpc) is 2.75. The van der Waals surface area contributed by atoms with Crippen molar-refractivity contribution in [3.05, 3.63) is 47.5 Å². The Morgan fingerprint density at radius 3 is 1.54 bits per heavy atom. The van der Waals surface area contributed by atoms with E-state index < -0.39 is 0 Å². The van der Waals surface area contributed by atoms with Gasteiger partial charge in [-0.05, 0) is 53.4 Å². The predicted molar refractivity (Wildman–Crippen MR) is 105 cm³/mol. The maximum Gasteiger partial charge on any atom is 0.161 e. The Hall–Kier alpha value is -4.08. The van der Waals surface area contributed by atoms with E-state index in [2.05, 4.69) is 17.9 Å². The van der Waals surface area contributed by atoms with Crippen molar-refractivity contribution in [3.63, 3.8) is 0 Å². The molecule has 0 aromatic heterocycles. The van der Waals surface area contributed by atoms with E-state index >= 15 is 0 Å². The van der Waals surface area contributed by atoms with Gasteiger partial charge in [-0.1, -0.05) is 0 Å². The van der Waals surface area contributed by atoms with Crippen LogP contribution >= 0.6 is 0 Å². The summed E-state index contributed by atoms with van der Waals surface area (Å²) in [5, 5.41) is 18.8. The fourth-order valence-corrected chi connectivity index (χ4v) is 2.62. The molecule has 0 aliphatic rings. The van der Waals surface area contributed by atoms with Crippen molar-refractivity contribution in [1.29, 1.82) is 10.5 Å². The van der Waals surface area contributed by atoms with Crippen LogP contribution in [0.4, 0.5) is 0 Å². The standard InChI is InChI=1S/C22H18N2O4/c1-25-19-9-7-15(12-21(19)27-3)17(6-5-11-23)18(14-24)16-8-10-20(26-2)22(13-16)28-4/h7-10,12-13H,1-4H3/b18-17+. The Morgan fingerprint density at radius 2 is 1.14 bits per heavy atom. The van der Waals surface area contributed by atoms with E-state index in [0.717, 1.165) is 0 Å². The zero-order valence-electron chi connectivity index (χ0n) is 16.0. The highest BCUT2D eigenvalue weighted by Crippen LogP contribution is 2.35. The number of rotatable bonds is 6. The summed E-state index contributed by atoms with van der Waals surface area (Å²) in [7, 11) is 6.10. The second-order valence-corrected chi connectivity index (χ2v) is 5.36. The third-order valence-corrected chi connectivity index (χ3v) is 3.95. The SMILES string of the molecule is COc1ccc(/C(C#N)=C(\C#CC#N)c2ccc(OC)c(OC)c2)cc1OC. The molecular weight excluding hydrogens is 356 g/mol. The molecule has 2 rings (SSSR count). The third kappa shape index (κ3) is 4.18. The van der Waals surface area contributed by atoms with E-state index in [4.69, 9.17) is 24.2 Å². The molecule has 2 aromatic carbocycles. The maximum absolute atomic E-state index is 9.84. The highest BCUT2D eigenvalue weighted by Gasteiger charge is 2.15. The number of hydrogen-bond acceptors (Lipinski definition) is 6. The van der Waals surface area contributed by atoms with Crippen LogP contribution in [0.3, 0.4) is 0 Å².